The van der Waals surface area contributed by atoms with Crippen molar-refractivity contribution in [3.63, 3.8) is 0 Å². The van der Waals surface area contributed by atoms with Crippen molar-refractivity contribution >= 4 is 46.3 Å². The van der Waals surface area contributed by atoms with E-state index < -0.39 is 23.5 Å². The van der Waals surface area contributed by atoms with Crippen molar-refractivity contribution in [2.75, 3.05) is 11.5 Å². The normalized spacial score (nSPS) is 17.4. The molecule has 3 aromatic carbocycles. The largest absolute Gasteiger partial charge is 0.508 e. The molecule has 168 valence electrons. The van der Waals surface area contributed by atoms with Gasteiger partial charge in [0, 0.05) is 16.3 Å². The molecule has 33 heavy (non-hydrogen) atoms. The lowest BCUT2D eigenvalue weighted by Gasteiger charge is -2.25. The number of ether oxygens (including phenoxy) is 1. The Hall–Kier alpha value is -3.48. The van der Waals surface area contributed by atoms with E-state index in [4.69, 9.17) is 27.9 Å². The van der Waals surface area contributed by atoms with Crippen molar-refractivity contribution in [3.8, 4) is 11.5 Å². The third kappa shape index (κ3) is 4.27. The molecular weight excluding hydrogens is 465 g/mol. The Labute approximate surface area is 200 Å². The molecular formula is C25H19Cl2NO5. The van der Waals surface area contributed by atoms with Gasteiger partial charge in [-0.3, -0.25) is 14.5 Å². The Balaban J connectivity index is 1.96. The Bertz CT molecular complexity index is 1270. The van der Waals surface area contributed by atoms with Crippen LogP contribution >= 0.6 is 23.2 Å². The molecule has 3 aromatic rings. The number of aromatic hydroxyl groups is 1. The monoisotopic (exact) mass is 483 g/mol. The Morgan fingerprint density at radius 3 is 2.42 bits per heavy atom. The number of anilines is 1. The molecule has 4 rings (SSSR count). The van der Waals surface area contributed by atoms with Crippen molar-refractivity contribution in [3.05, 3.63) is 93.5 Å². The zero-order chi connectivity index (χ0) is 23.7. The van der Waals surface area contributed by atoms with Crippen LogP contribution in [-0.2, 0) is 9.59 Å². The Kier molecular flexibility index (Phi) is 6.31. The molecule has 1 saturated heterocycles. The van der Waals surface area contributed by atoms with Crippen LogP contribution in [0, 0.1) is 0 Å². The summed E-state index contributed by atoms with van der Waals surface area (Å²) >= 11 is 12.3. The van der Waals surface area contributed by atoms with Crippen molar-refractivity contribution in [2.45, 2.75) is 13.0 Å². The maximum absolute atomic E-state index is 13.2. The molecule has 0 aliphatic carbocycles. The number of benzene rings is 3. The summed E-state index contributed by atoms with van der Waals surface area (Å²) in [6.07, 6.45) is 0. The molecule has 2 N–H and O–H groups in total. The number of aliphatic hydroxyl groups excluding tert-OH is 1. The van der Waals surface area contributed by atoms with Crippen LogP contribution in [0.4, 0.5) is 5.69 Å². The first-order valence-electron chi connectivity index (χ1n) is 10.1. The Morgan fingerprint density at radius 1 is 1.03 bits per heavy atom. The lowest BCUT2D eigenvalue weighted by Crippen LogP contribution is -2.29. The van der Waals surface area contributed by atoms with Gasteiger partial charge in [-0.2, -0.15) is 0 Å². The van der Waals surface area contributed by atoms with Crippen molar-refractivity contribution in [1.29, 1.82) is 0 Å². The minimum Gasteiger partial charge on any atom is -0.508 e. The smallest absolute Gasteiger partial charge is 0.300 e. The standard InChI is InChI=1S/C25H19Cl2NO5/c1-2-33-18-10-11-20(27)19(13-18)23(30)21-22(14-4-3-5-17(29)12-14)28(25(32)24(21)31)16-8-6-15(26)7-9-16/h3-13,22,29-30H,2H2,1H3/b23-21+. The first-order chi connectivity index (χ1) is 15.8. The number of Topliss-reactive ketones (excluding diaryl/α,β-unsaturated/α-hetero) is 1. The third-order valence-electron chi connectivity index (χ3n) is 5.24. The van der Waals surface area contributed by atoms with Crippen LogP contribution in [0.2, 0.25) is 10.0 Å². The van der Waals surface area contributed by atoms with E-state index in [1.54, 1.807) is 48.5 Å². The number of carbonyl (C=O) groups excluding carboxylic acids is 2. The van der Waals surface area contributed by atoms with Crippen molar-refractivity contribution in [1.82, 2.24) is 0 Å². The fourth-order valence-electron chi connectivity index (χ4n) is 3.80. The fourth-order valence-corrected chi connectivity index (χ4v) is 4.13. The number of phenols is 1. The summed E-state index contributed by atoms with van der Waals surface area (Å²) in [6.45, 7) is 2.21. The highest BCUT2D eigenvalue weighted by Gasteiger charge is 2.47. The van der Waals surface area contributed by atoms with Gasteiger partial charge in [-0.15, -0.1) is 0 Å². The number of rotatable bonds is 5. The second kappa shape index (κ2) is 9.17. The number of amides is 1. The molecule has 0 spiro atoms. The molecule has 0 aromatic heterocycles. The van der Waals surface area contributed by atoms with Gasteiger partial charge in [0.25, 0.3) is 11.7 Å². The fraction of sp³-hybridized carbons (Fsp3) is 0.120. The first-order valence-corrected chi connectivity index (χ1v) is 10.9. The molecule has 0 saturated carbocycles. The van der Waals surface area contributed by atoms with Gasteiger partial charge in [0.2, 0.25) is 0 Å². The maximum atomic E-state index is 13.2. The second-order valence-electron chi connectivity index (χ2n) is 7.32. The van der Waals surface area contributed by atoms with Gasteiger partial charge in [-0.25, -0.2) is 0 Å². The molecule has 6 nitrogen and oxygen atoms in total. The van der Waals surface area contributed by atoms with E-state index in [0.29, 0.717) is 28.6 Å². The van der Waals surface area contributed by atoms with Crippen LogP contribution in [0.25, 0.3) is 5.76 Å². The SMILES string of the molecule is CCOc1ccc(Cl)c(/C(O)=C2\C(=O)C(=O)N(c3ccc(Cl)cc3)C2c2cccc(O)c2)c1. The first kappa shape index (κ1) is 22.7. The number of ketones is 1. The topological polar surface area (TPSA) is 87.1 Å². The highest BCUT2D eigenvalue weighted by molar-refractivity contribution is 6.52. The zero-order valence-corrected chi connectivity index (χ0v) is 19.0. The predicted molar refractivity (Wildman–Crippen MR) is 127 cm³/mol. The quantitative estimate of drug-likeness (QED) is 0.275. The van der Waals surface area contributed by atoms with Gasteiger partial charge in [-0.05, 0) is 67.1 Å². The molecule has 1 unspecified atom stereocenters. The van der Waals surface area contributed by atoms with E-state index in [2.05, 4.69) is 0 Å². The maximum Gasteiger partial charge on any atom is 0.300 e. The van der Waals surface area contributed by atoms with E-state index in [0.717, 1.165) is 0 Å². The van der Waals surface area contributed by atoms with Gasteiger partial charge in [-0.1, -0.05) is 35.3 Å². The molecule has 8 heteroatoms. The molecule has 1 aliphatic rings. The zero-order valence-electron chi connectivity index (χ0n) is 17.5. The average Bonchev–Trinajstić information content (AvgIpc) is 3.06. The molecule has 1 aliphatic heterocycles. The number of nitrogens with zero attached hydrogens (tertiary/aromatic N) is 1. The van der Waals surface area contributed by atoms with Gasteiger partial charge < -0.3 is 14.9 Å². The third-order valence-corrected chi connectivity index (χ3v) is 5.82. The van der Waals surface area contributed by atoms with E-state index in [1.807, 2.05) is 6.92 Å². The number of phenolic OH excluding ortho intramolecular Hbond substituents is 1. The number of hydrogen-bond acceptors (Lipinski definition) is 5. The molecule has 0 radical (unpaired) electrons. The Morgan fingerprint density at radius 2 is 1.76 bits per heavy atom. The van der Waals surface area contributed by atoms with Crippen LogP contribution < -0.4 is 9.64 Å². The van der Waals surface area contributed by atoms with Crippen LogP contribution in [0.5, 0.6) is 11.5 Å². The summed E-state index contributed by atoms with van der Waals surface area (Å²) in [5.41, 5.74) is 0.837. The van der Waals surface area contributed by atoms with E-state index >= 15 is 0 Å². The molecule has 1 atom stereocenters. The second-order valence-corrected chi connectivity index (χ2v) is 8.16. The van der Waals surface area contributed by atoms with Crippen molar-refractivity contribution in [2.24, 2.45) is 0 Å². The molecule has 1 amide bonds. The average molecular weight is 484 g/mol. The summed E-state index contributed by atoms with van der Waals surface area (Å²) in [5.74, 6) is -1.75. The number of halogens is 2. The summed E-state index contributed by atoms with van der Waals surface area (Å²) in [6, 6.07) is 16.2. The van der Waals surface area contributed by atoms with Crippen LogP contribution in [-0.4, -0.2) is 28.5 Å². The lowest BCUT2D eigenvalue weighted by atomic mass is 9.95. The van der Waals surface area contributed by atoms with Gasteiger partial charge in [0.05, 0.1) is 23.2 Å². The van der Waals surface area contributed by atoms with Gasteiger partial charge in [0.15, 0.2) is 0 Å². The minimum atomic E-state index is -1.01. The number of carbonyl (C=O) groups is 2. The highest BCUT2D eigenvalue weighted by atomic mass is 35.5. The van der Waals surface area contributed by atoms with Crippen LogP contribution in [0.1, 0.15) is 24.1 Å². The highest BCUT2D eigenvalue weighted by Crippen LogP contribution is 2.44. The number of hydrogen-bond donors (Lipinski definition) is 2. The van der Waals surface area contributed by atoms with Gasteiger partial charge >= 0.3 is 0 Å². The van der Waals surface area contributed by atoms with E-state index in [-0.39, 0.29) is 21.9 Å². The minimum absolute atomic E-state index is 0.0504. The molecule has 1 heterocycles. The van der Waals surface area contributed by atoms with E-state index in [9.17, 15) is 19.8 Å². The summed E-state index contributed by atoms with van der Waals surface area (Å²) in [4.78, 5) is 27.6. The molecule has 1 fully saturated rings. The summed E-state index contributed by atoms with van der Waals surface area (Å²) in [7, 11) is 0. The summed E-state index contributed by atoms with van der Waals surface area (Å²) < 4.78 is 5.49. The van der Waals surface area contributed by atoms with E-state index in [1.165, 1.54) is 23.1 Å². The molecule has 0 bridgehead atoms. The van der Waals surface area contributed by atoms with Crippen molar-refractivity contribution < 1.29 is 24.5 Å². The van der Waals surface area contributed by atoms with Crippen LogP contribution in [0.3, 0.4) is 0 Å². The summed E-state index contributed by atoms with van der Waals surface area (Å²) in [5, 5.41) is 22.0. The predicted octanol–water partition coefficient (Wildman–Crippen LogP) is 5.72. The van der Waals surface area contributed by atoms with Crippen LogP contribution in [0.15, 0.2) is 72.3 Å². The number of aliphatic hydroxyl groups is 1. The van der Waals surface area contributed by atoms with Gasteiger partial charge in [0.1, 0.15) is 17.3 Å². The lowest BCUT2D eigenvalue weighted by molar-refractivity contribution is -0.132.